The van der Waals surface area contributed by atoms with Crippen LogP contribution in [0.15, 0.2) is 103 Å². The van der Waals surface area contributed by atoms with E-state index >= 15 is 0 Å². The number of hydrogen-bond donors (Lipinski definition) is 1. The maximum atomic E-state index is 14.0. The zero-order valence-corrected chi connectivity index (χ0v) is 23.4. The van der Waals surface area contributed by atoms with Gasteiger partial charge < -0.3 is 19.7 Å². The molecule has 4 rings (SSSR count). The van der Waals surface area contributed by atoms with Crippen LogP contribution in [-0.2, 0) is 35.4 Å². The van der Waals surface area contributed by atoms with Crippen LogP contribution in [0.3, 0.4) is 0 Å². The SMILES string of the molecule is COc1ccc(CC(=O)N(Cc2ccc(F)cc2)[C@H](Cc2ccccc2)C(=O)NCCc2ccccc2)cc1OC. The maximum absolute atomic E-state index is 14.0. The standard InChI is InChI=1S/C34H35FN2O4/c1-40-31-18-15-28(22-32(31)41-2)23-33(38)37(24-27-13-16-29(35)17-14-27)30(21-26-11-7-4-8-12-26)34(39)36-20-19-25-9-5-3-6-10-25/h3-18,22,30H,19-21,23-24H2,1-2H3,(H,36,39)/t30-/m1/s1. The summed E-state index contributed by atoms with van der Waals surface area (Å²) >= 11 is 0. The number of rotatable bonds is 13. The van der Waals surface area contributed by atoms with E-state index in [1.165, 1.54) is 12.1 Å². The Morgan fingerprint density at radius 3 is 2.00 bits per heavy atom. The summed E-state index contributed by atoms with van der Waals surface area (Å²) < 4.78 is 24.4. The molecule has 0 saturated carbocycles. The third-order valence-electron chi connectivity index (χ3n) is 6.90. The normalized spacial score (nSPS) is 11.4. The Morgan fingerprint density at radius 1 is 0.756 bits per heavy atom. The van der Waals surface area contributed by atoms with Crippen LogP contribution in [0, 0.1) is 5.82 Å². The minimum Gasteiger partial charge on any atom is -0.493 e. The number of ether oxygens (including phenoxy) is 2. The highest BCUT2D eigenvalue weighted by Crippen LogP contribution is 2.28. The van der Waals surface area contributed by atoms with Gasteiger partial charge in [-0.25, -0.2) is 4.39 Å². The Morgan fingerprint density at radius 2 is 1.37 bits per heavy atom. The summed E-state index contributed by atoms with van der Waals surface area (Å²) in [5, 5.41) is 3.05. The average Bonchev–Trinajstić information content (AvgIpc) is 3.00. The zero-order valence-electron chi connectivity index (χ0n) is 23.4. The monoisotopic (exact) mass is 554 g/mol. The van der Waals surface area contributed by atoms with Crippen molar-refractivity contribution < 1.29 is 23.5 Å². The van der Waals surface area contributed by atoms with Gasteiger partial charge in [0, 0.05) is 19.5 Å². The molecular weight excluding hydrogens is 519 g/mol. The highest BCUT2D eigenvalue weighted by atomic mass is 19.1. The summed E-state index contributed by atoms with van der Waals surface area (Å²) in [6.45, 7) is 0.582. The van der Waals surface area contributed by atoms with E-state index in [2.05, 4.69) is 5.32 Å². The molecule has 0 bridgehead atoms. The van der Waals surface area contributed by atoms with E-state index in [-0.39, 0.29) is 30.6 Å². The molecule has 0 spiro atoms. The van der Waals surface area contributed by atoms with Gasteiger partial charge in [0.1, 0.15) is 11.9 Å². The van der Waals surface area contributed by atoms with Crippen molar-refractivity contribution in [3.05, 3.63) is 131 Å². The van der Waals surface area contributed by atoms with Crippen molar-refractivity contribution in [2.24, 2.45) is 0 Å². The van der Waals surface area contributed by atoms with Gasteiger partial charge in [-0.3, -0.25) is 9.59 Å². The second kappa shape index (κ2) is 14.7. The molecular formula is C34H35FN2O4. The molecule has 1 N–H and O–H groups in total. The fraction of sp³-hybridized carbons (Fsp3) is 0.235. The molecule has 7 heteroatoms. The van der Waals surface area contributed by atoms with Gasteiger partial charge in [-0.15, -0.1) is 0 Å². The highest BCUT2D eigenvalue weighted by molar-refractivity contribution is 5.89. The first kappa shape index (κ1) is 29.3. The molecule has 0 heterocycles. The van der Waals surface area contributed by atoms with Gasteiger partial charge in [-0.1, -0.05) is 78.9 Å². The molecule has 0 aliphatic heterocycles. The first-order valence-corrected chi connectivity index (χ1v) is 13.6. The van der Waals surface area contributed by atoms with Crippen molar-refractivity contribution in [2.45, 2.75) is 31.8 Å². The molecule has 41 heavy (non-hydrogen) atoms. The van der Waals surface area contributed by atoms with E-state index in [0.29, 0.717) is 30.9 Å². The zero-order chi connectivity index (χ0) is 29.0. The molecule has 0 fully saturated rings. The Kier molecular flexibility index (Phi) is 10.5. The summed E-state index contributed by atoms with van der Waals surface area (Å²) in [6, 6.07) is 30.1. The number of benzene rings is 4. The predicted octanol–water partition coefficient (Wildman–Crippen LogP) is 5.38. The largest absolute Gasteiger partial charge is 0.493 e. The molecule has 0 aromatic heterocycles. The van der Waals surface area contributed by atoms with E-state index < -0.39 is 6.04 Å². The Balaban J connectivity index is 1.62. The second-order valence-corrected chi connectivity index (χ2v) is 9.75. The van der Waals surface area contributed by atoms with Crippen LogP contribution in [0.25, 0.3) is 0 Å². The fourth-order valence-electron chi connectivity index (χ4n) is 4.70. The lowest BCUT2D eigenvalue weighted by Crippen LogP contribution is -2.51. The number of hydrogen-bond acceptors (Lipinski definition) is 4. The van der Waals surface area contributed by atoms with Crippen LogP contribution in [0.2, 0.25) is 0 Å². The quantitative estimate of drug-likeness (QED) is 0.241. The number of methoxy groups -OCH3 is 2. The third-order valence-corrected chi connectivity index (χ3v) is 6.90. The lowest BCUT2D eigenvalue weighted by atomic mass is 10.0. The summed E-state index contributed by atoms with van der Waals surface area (Å²) in [4.78, 5) is 29.3. The number of carbonyl (C=O) groups excluding carboxylic acids is 2. The van der Waals surface area contributed by atoms with Crippen molar-refractivity contribution in [1.82, 2.24) is 10.2 Å². The molecule has 0 radical (unpaired) electrons. The van der Waals surface area contributed by atoms with E-state index in [9.17, 15) is 14.0 Å². The number of halogens is 1. The van der Waals surface area contributed by atoms with Crippen LogP contribution in [0.4, 0.5) is 4.39 Å². The smallest absolute Gasteiger partial charge is 0.243 e. The van der Waals surface area contributed by atoms with Crippen LogP contribution in [0.1, 0.15) is 22.3 Å². The van der Waals surface area contributed by atoms with E-state index in [1.807, 2.05) is 66.7 Å². The first-order chi connectivity index (χ1) is 20.0. The summed E-state index contributed by atoms with van der Waals surface area (Å²) in [5.41, 5.74) is 3.49. The number of amides is 2. The van der Waals surface area contributed by atoms with E-state index in [4.69, 9.17) is 9.47 Å². The minimum atomic E-state index is -0.786. The van der Waals surface area contributed by atoms with Crippen LogP contribution < -0.4 is 14.8 Å². The predicted molar refractivity (Wildman–Crippen MR) is 157 cm³/mol. The summed E-state index contributed by atoms with van der Waals surface area (Å²) in [5.74, 6) is 0.235. The van der Waals surface area contributed by atoms with Gasteiger partial charge in [0.15, 0.2) is 11.5 Å². The summed E-state index contributed by atoms with van der Waals surface area (Å²) in [6.07, 6.45) is 1.04. The Labute approximate surface area is 240 Å². The second-order valence-electron chi connectivity index (χ2n) is 9.75. The number of carbonyl (C=O) groups is 2. The van der Waals surface area contributed by atoms with Crippen LogP contribution in [-0.4, -0.2) is 43.5 Å². The van der Waals surface area contributed by atoms with Gasteiger partial charge in [0.25, 0.3) is 0 Å². The van der Waals surface area contributed by atoms with Gasteiger partial charge in [0.05, 0.1) is 20.6 Å². The van der Waals surface area contributed by atoms with Crippen molar-refractivity contribution in [1.29, 1.82) is 0 Å². The molecule has 4 aromatic rings. The van der Waals surface area contributed by atoms with Crippen molar-refractivity contribution >= 4 is 11.8 Å². The Bertz CT molecular complexity index is 1410. The van der Waals surface area contributed by atoms with Gasteiger partial charge >= 0.3 is 0 Å². The van der Waals surface area contributed by atoms with Gasteiger partial charge in [-0.2, -0.15) is 0 Å². The Hall–Kier alpha value is -4.65. The van der Waals surface area contributed by atoms with Crippen molar-refractivity contribution in [2.75, 3.05) is 20.8 Å². The number of nitrogens with zero attached hydrogens (tertiary/aromatic N) is 1. The molecule has 2 amide bonds. The lowest BCUT2D eigenvalue weighted by molar-refractivity contribution is -0.140. The average molecular weight is 555 g/mol. The van der Waals surface area contributed by atoms with E-state index in [0.717, 1.165) is 22.3 Å². The van der Waals surface area contributed by atoms with Crippen molar-refractivity contribution in [3.8, 4) is 11.5 Å². The molecule has 0 aliphatic rings. The third kappa shape index (κ3) is 8.42. The maximum Gasteiger partial charge on any atom is 0.243 e. The van der Waals surface area contributed by atoms with Crippen LogP contribution >= 0.6 is 0 Å². The topological polar surface area (TPSA) is 67.9 Å². The summed E-state index contributed by atoms with van der Waals surface area (Å²) in [7, 11) is 3.09. The molecule has 0 unspecified atom stereocenters. The molecule has 0 aliphatic carbocycles. The molecule has 6 nitrogen and oxygen atoms in total. The molecule has 0 saturated heterocycles. The molecule has 1 atom stereocenters. The fourth-order valence-corrected chi connectivity index (χ4v) is 4.70. The van der Waals surface area contributed by atoms with Crippen LogP contribution in [0.5, 0.6) is 11.5 Å². The molecule has 212 valence electrons. The van der Waals surface area contributed by atoms with Gasteiger partial charge in [0.2, 0.25) is 11.8 Å². The molecule has 4 aromatic carbocycles. The van der Waals surface area contributed by atoms with Gasteiger partial charge in [-0.05, 0) is 52.9 Å². The lowest BCUT2D eigenvalue weighted by Gasteiger charge is -2.32. The van der Waals surface area contributed by atoms with E-state index in [1.54, 1.807) is 43.4 Å². The highest BCUT2D eigenvalue weighted by Gasteiger charge is 2.30. The minimum absolute atomic E-state index is 0.0458. The van der Waals surface area contributed by atoms with Crippen molar-refractivity contribution in [3.63, 3.8) is 0 Å². The number of nitrogens with one attached hydrogen (secondary N) is 1. The first-order valence-electron chi connectivity index (χ1n) is 13.6.